The molecular formula is C18H33N3O. The molecule has 1 N–H and O–H groups in total. The lowest BCUT2D eigenvalue weighted by Crippen LogP contribution is -2.41. The summed E-state index contributed by atoms with van der Waals surface area (Å²) >= 11 is 0. The first-order valence-corrected chi connectivity index (χ1v) is 9.55. The van der Waals surface area contributed by atoms with Gasteiger partial charge in [-0.25, -0.2) is 0 Å². The second-order valence-electron chi connectivity index (χ2n) is 7.46. The summed E-state index contributed by atoms with van der Waals surface area (Å²) in [7, 11) is 0. The minimum Gasteiger partial charge on any atom is -0.341 e. The van der Waals surface area contributed by atoms with Gasteiger partial charge in [-0.2, -0.15) is 0 Å². The molecule has 0 bridgehead atoms. The Morgan fingerprint density at radius 3 is 2.41 bits per heavy atom. The van der Waals surface area contributed by atoms with Crippen molar-refractivity contribution in [1.82, 2.24) is 15.1 Å². The highest BCUT2D eigenvalue weighted by Crippen LogP contribution is 2.24. The Labute approximate surface area is 135 Å². The number of piperidine rings is 1. The lowest BCUT2D eigenvalue weighted by molar-refractivity contribution is -0.132. The van der Waals surface area contributed by atoms with Gasteiger partial charge in [0.1, 0.15) is 0 Å². The summed E-state index contributed by atoms with van der Waals surface area (Å²) in [6.07, 6.45) is 11.3. The van der Waals surface area contributed by atoms with Crippen molar-refractivity contribution in [3.8, 4) is 0 Å². The molecule has 1 aliphatic carbocycles. The lowest BCUT2D eigenvalue weighted by atomic mass is 9.94. The van der Waals surface area contributed by atoms with E-state index < -0.39 is 0 Å². The maximum Gasteiger partial charge on any atom is 0.222 e. The SMILES string of the molecule is O=C(CC1CCNCC1)N1CCCN(C2CCCCC2)CC1. The molecule has 0 spiro atoms. The van der Waals surface area contributed by atoms with Crippen LogP contribution < -0.4 is 5.32 Å². The predicted octanol–water partition coefficient (Wildman–Crippen LogP) is 2.24. The molecule has 4 heteroatoms. The zero-order valence-corrected chi connectivity index (χ0v) is 14.1. The highest BCUT2D eigenvalue weighted by molar-refractivity contribution is 5.76. The van der Waals surface area contributed by atoms with Gasteiger partial charge in [-0.1, -0.05) is 19.3 Å². The molecule has 126 valence electrons. The van der Waals surface area contributed by atoms with Gasteiger partial charge in [0.25, 0.3) is 0 Å². The quantitative estimate of drug-likeness (QED) is 0.868. The van der Waals surface area contributed by atoms with Gasteiger partial charge in [0.05, 0.1) is 0 Å². The molecule has 4 nitrogen and oxygen atoms in total. The van der Waals surface area contributed by atoms with Crippen LogP contribution in [0.1, 0.15) is 57.8 Å². The fourth-order valence-corrected chi connectivity index (χ4v) is 4.46. The minimum absolute atomic E-state index is 0.414. The van der Waals surface area contributed by atoms with Crippen molar-refractivity contribution in [3.05, 3.63) is 0 Å². The van der Waals surface area contributed by atoms with E-state index in [-0.39, 0.29) is 0 Å². The Morgan fingerprint density at radius 2 is 1.64 bits per heavy atom. The van der Waals surface area contributed by atoms with Gasteiger partial charge in [-0.15, -0.1) is 0 Å². The number of nitrogens with zero attached hydrogens (tertiary/aromatic N) is 2. The number of rotatable bonds is 3. The summed E-state index contributed by atoms with van der Waals surface area (Å²) in [4.78, 5) is 17.4. The van der Waals surface area contributed by atoms with Crippen LogP contribution in [0, 0.1) is 5.92 Å². The summed E-state index contributed by atoms with van der Waals surface area (Å²) in [6.45, 7) is 6.42. The molecule has 1 amide bonds. The van der Waals surface area contributed by atoms with Crippen molar-refractivity contribution < 1.29 is 4.79 Å². The van der Waals surface area contributed by atoms with Crippen LogP contribution in [-0.4, -0.2) is 61.0 Å². The number of carbonyl (C=O) groups is 1. The standard InChI is InChI=1S/C18H33N3O/c22-18(15-16-7-9-19-10-8-16)21-12-4-11-20(13-14-21)17-5-2-1-3-6-17/h16-17,19H,1-15H2. The van der Waals surface area contributed by atoms with Crippen molar-refractivity contribution in [2.24, 2.45) is 5.92 Å². The molecule has 0 unspecified atom stereocenters. The zero-order valence-electron chi connectivity index (χ0n) is 14.1. The van der Waals surface area contributed by atoms with Crippen LogP contribution in [0.4, 0.5) is 0 Å². The zero-order chi connectivity index (χ0) is 15.2. The first kappa shape index (κ1) is 16.3. The van der Waals surface area contributed by atoms with Gasteiger partial charge in [-0.05, 0) is 51.1 Å². The largest absolute Gasteiger partial charge is 0.341 e. The van der Waals surface area contributed by atoms with Crippen molar-refractivity contribution in [1.29, 1.82) is 0 Å². The number of nitrogens with one attached hydrogen (secondary N) is 1. The van der Waals surface area contributed by atoms with Crippen LogP contribution in [0.2, 0.25) is 0 Å². The average molecular weight is 307 g/mol. The van der Waals surface area contributed by atoms with Crippen molar-refractivity contribution in [3.63, 3.8) is 0 Å². The third-order valence-electron chi connectivity index (χ3n) is 5.90. The van der Waals surface area contributed by atoms with Gasteiger partial charge in [-0.3, -0.25) is 9.69 Å². The van der Waals surface area contributed by atoms with Gasteiger partial charge >= 0.3 is 0 Å². The number of amides is 1. The Balaban J connectivity index is 1.45. The van der Waals surface area contributed by atoms with Gasteiger partial charge in [0.15, 0.2) is 0 Å². The maximum atomic E-state index is 12.6. The normalized spacial score (nSPS) is 26.8. The first-order valence-electron chi connectivity index (χ1n) is 9.55. The van der Waals surface area contributed by atoms with Crippen LogP contribution in [0.5, 0.6) is 0 Å². The third kappa shape index (κ3) is 4.45. The molecule has 2 saturated heterocycles. The number of carbonyl (C=O) groups excluding carboxylic acids is 1. The Kier molecular flexibility index (Phi) is 6.13. The first-order chi connectivity index (χ1) is 10.8. The van der Waals surface area contributed by atoms with E-state index in [1.54, 1.807) is 0 Å². The summed E-state index contributed by atoms with van der Waals surface area (Å²) < 4.78 is 0. The van der Waals surface area contributed by atoms with Crippen molar-refractivity contribution >= 4 is 5.91 Å². The molecule has 0 aromatic carbocycles. The number of hydrogen-bond donors (Lipinski definition) is 1. The van der Waals surface area contributed by atoms with E-state index in [9.17, 15) is 4.79 Å². The second kappa shape index (κ2) is 8.30. The highest BCUT2D eigenvalue weighted by atomic mass is 16.2. The highest BCUT2D eigenvalue weighted by Gasteiger charge is 2.26. The molecule has 0 atom stereocenters. The monoisotopic (exact) mass is 307 g/mol. The van der Waals surface area contributed by atoms with E-state index >= 15 is 0 Å². The summed E-state index contributed by atoms with van der Waals surface area (Å²) in [5.74, 6) is 1.03. The van der Waals surface area contributed by atoms with E-state index in [1.165, 1.54) is 51.5 Å². The molecule has 0 aromatic rings. The van der Waals surface area contributed by atoms with Crippen LogP contribution in [0.15, 0.2) is 0 Å². The van der Waals surface area contributed by atoms with Gasteiger partial charge in [0, 0.05) is 38.6 Å². The predicted molar refractivity (Wildman–Crippen MR) is 89.9 cm³/mol. The molecular weight excluding hydrogens is 274 g/mol. The summed E-state index contributed by atoms with van der Waals surface area (Å²) in [5.41, 5.74) is 0. The van der Waals surface area contributed by atoms with E-state index in [4.69, 9.17) is 0 Å². The van der Waals surface area contributed by atoms with E-state index in [0.29, 0.717) is 11.8 Å². The van der Waals surface area contributed by atoms with Crippen LogP contribution in [0.25, 0.3) is 0 Å². The molecule has 3 aliphatic rings. The smallest absolute Gasteiger partial charge is 0.222 e. The molecule has 1 saturated carbocycles. The van der Waals surface area contributed by atoms with Gasteiger partial charge in [0.2, 0.25) is 5.91 Å². The molecule has 3 rings (SSSR count). The Hall–Kier alpha value is -0.610. The summed E-state index contributed by atoms with van der Waals surface area (Å²) in [5, 5.41) is 3.39. The number of hydrogen-bond acceptors (Lipinski definition) is 3. The minimum atomic E-state index is 0.414. The Bertz CT molecular complexity index is 348. The van der Waals surface area contributed by atoms with Crippen LogP contribution >= 0.6 is 0 Å². The van der Waals surface area contributed by atoms with Crippen molar-refractivity contribution in [2.45, 2.75) is 63.8 Å². The van der Waals surface area contributed by atoms with E-state index in [2.05, 4.69) is 15.1 Å². The van der Waals surface area contributed by atoms with Gasteiger partial charge < -0.3 is 10.2 Å². The van der Waals surface area contributed by atoms with E-state index in [0.717, 1.165) is 51.6 Å². The fourth-order valence-electron chi connectivity index (χ4n) is 4.46. The van der Waals surface area contributed by atoms with E-state index in [1.807, 2.05) is 0 Å². The third-order valence-corrected chi connectivity index (χ3v) is 5.90. The fraction of sp³-hybridized carbons (Fsp3) is 0.944. The molecule has 2 aliphatic heterocycles. The summed E-state index contributed by atoms with van der Waals surface area (Å²) in [6, 6.07) is 0.799. The molecule has 3 fully saturated rings. The Morgan fingerprint density at radius 1 is 0.864 bits per heavy atom. The molecule has 22 heavy (non-hydrogen) atoms. The molecule has 0 aromatic heterocycles. The van der Waals surface area contributed by atoms with Crippen LogP contribution in [0.3, 0.4) is 0 Å². The van der Waals surface area contributed by atoms with Crippen molar-refractivity contribution in [2.75, 3.05) is 39.3 Å². The second-order valence-corrected chi connectivity index (χ2v) is 7.46. The average Bonchev–Trinajstić information content (AvgIpc) is 2.83. The molecule has 0 radical (unpaired) electrons. The van der Waals surface area contributed by atoms with Crippen LogP contribution in [-0.2, 0) is 4.79 Å². The molecule has 2 heterocycles. The topological polar surface area (TPSA) is 35.6 Å². The maximum absolute atomic E-state index is 12.6. The lowest BCUT2D eigenvalue weighted by Gasteiger charge is -2.33.